The fraction of sp³-hybridized carbons (Fsp3) is 0.214. The first-order valence-corrected chi connectivity index (χ1v) is 7.42. The Morgan fingerprint density at radius 2 is 1.83 bits per heavy atom. The maximum atomic E-state index is 12.6. The Kier molecular flexibility index (Phi) is 3.69. The van der Waals surface area contributed by atoms with Gasteiger partial charge in [0.25, 0.3) is 5.56 Å². The van der Waals surface area contributed by atoms with Gasteiger partial charge in [-0.25, -0.2) is 9.78 Å². The van der Waals surface area contributed by atoms with Crippen LogP contribution in [0, 0.1) is 0 Å². The number of rotatable bonds is 2. The zero-order valence-corrected chi connectivity index (χ0v) is 13.9. The largest absolute Gasteiger partial charge is 0.369 e. The lowest BCUT2D eigenvalue weighted by atomic mass is 10.2. The van der Waals surface area contributed by atoms with Crippen molar-refractivity contribution in [2.24, 2.45) is 14.1 Å². The molecule has 120 valence electrons. The summed E-state index contributed by atoms with van der Waals surface area (Å²) in [6, 6.07) is 4.94. The summed E-state index contributed by atoms with van der Waals surface area (Å²) in [5.74, 6) is 0.166. The molecule has 0 saturated heterocycles. The van der Waals surface area contributed by atoms with E-state index in [9.17, 15) is 9.59 Å². The minimum Gasteiger partial charge on any atom is -0.369 e. The predicted octanol–water partition coefficient (Wildman–Crippen LogP) is 1.37. The summed E-state index contributed by atoms with van der Waals surface area (Å²) >= 11 is 11.9. The third-order valence-corrected chi connectivity index (χ3v) is 4.45. The Labute approximate surface area is 140 Å². The molecule has 1 aromatic carbocycles. The molecule has 0 aliphatic carbocycles. The van der Waals surface area contributed by atoms with Crippen LogP contribution in [0.1, 0.15) is 5.56 Å². The van der Waals surface area contributed by atoms with Crippen molar-refractivity contribution in [3.8, 4) is 0 Å². The molecule has 0 aliphatic rings. The van der Waals surface area contributed by atoms with Crippen molar-refractivity contribution in [1.82, 2.24) is 18.7 Å². The van der Waals surface area contributed by atoms with Crippen LogP contribution < -0.4 is 17.0 Å². The van der Waals surface area contributed by atoms with Gasteiger partial charge < -0.3 is 5.73 Å². The number of halogens is 2. The van der Waals surface area contributed by atoms with Crippen molar-refractivity contribution in [2.45, 2.75) is 6.54 Å². The highest BCUT2D eigenvalue weighted by atomic mass is 35.5. The average molecular weight is 354 g/mol. The quantitative estimate of drug-likeness (QED) is 0.753. The van der Waals surface area contributed by atoms with Crippen molar-refractivity contribution in [2.75, 3.05) is 5.73 Å². The molecule has 2 heterocycles. The number of nitrogens with two attached hydrogens (primary N) is 1. The summed E-state index contributed by atoms with van der Waals surface area (Å²) < 4.78 is 3.94. The Hall–Kier alpha value is -2.25. The molecule has 0 bridgehead atoms. The molecule has 0 spiro atoms. The number of fused-ring (bicyclic) bond motifs is 1. The average Bonchev–Trinajstić information content (AvgIpc) is 2.81. The third-order valence-electron chi connectivity index (χ3n) is 3.71. The number of benzene rings is 1. The van der Waals surface area contributed by atoms with E-state index in [2.05, 4.69) is 4.98 Å². The van der Waals surface area contributed by atoms with Gasteiger partial charge in [-0.2, -0.15) is 0 Å². The van der Waals surface area contributed by atoms with Gasteiger partial charge in [0.2, 0.25) is 5.95 Å². The third kappa shape index (κ3) is 2.42. The summed E-state index contributed by atoms with van der Waals surface area (Å²) in [4.78, 5) is 29.1. The van der Waals surface area contributed by atoms with E-state index >= 15 is 0 Å². The van der Waals surface area contributed by atoms with Crippen molar-refractivity contribution < 1.29 is 0 Å². The second-order valence-electron chi connectivity index (χ2n) is 5.18. The van der Waals surface area contributed by atoms with Crippen LogP contribution in [0.4, 0.5) is 5.95 Å². The molecule has 3 rings (SSSR count). The summed E-state index contributed by atoms with van der Waals surface area (Å²) in [5, 5.41) is 0.765. The Bertz CT molecular complexity index is 1050. The molecule has 2 aromatic heterocycles. The molecule has 0 radical (unpaired) electrons. The number of hydrogen-bond acceptors (Lipinski definition) is 4. The number of aromatic nitrogens is 4. The summed E-state index contributed by atoms with van der Waals surface area (Å²) in [6.45, 7) is 0.0643. The zero-order valence-electron chi connectivity index (χ0n) is 12.4. The lowest BCUT2D eigenvalue weighted by Crippen LogP contribution is -2.39. The summed E-state index contributed by atoms with van der Waals surface area (Å²) in [6.07, 6.45) is 0. The maximum Gasteiger partial charge on any atom is 0.332 e. The van der Waals surface area contributed by atoms with Gasteiger partial charge in [-0.1, -0.05) is 29.3 Å². The van der Waals surface area contributed by atoms with Crippen LogP contribution in [0.25, 0.3) is 11.2 Å². The number of anilines is 1. The zero-order chi connectivity index (χ0) is 16.9. The van der Waals surface area contributed by atoms with Crippen LogP contribution in [0.2, 0.25) is 10.0 Å². The number of hydrogen-bond donors (Lipinski definition) is 1. The van der Waals surface area contributed by atoms with Gasteiger partial charge in [-0.05, 0) is 17.7 Å². The first kappa shape index (κ1) is 15.6. The highest BCUT2D eigenvalue weighted by Crippen LogP contribution is 2.22. The number of aryl methyl sites for hydroxylation is 2. The normalized spacial score (nSPS) is 11.3. The molecule has 2 N–H and O–H groups in total. The molecule has 0 saturated carbocycles. The van der Waals surface area contributed by atoms with E-state index in [0.29, 0.717) is 21.3 Å². The SMILES string of the molecule is Cn1c(N)nc2c(=O)n(Cc3ccc(Cl)c(Cl)c3)c(=O)n(C)c21. The highest BCUT2D eigenvalue weighted by molar-refractivity contribution is 6.42. The van der Waals surface area contributed by atoms with Crippen molar-refractivity contribution >= 4 is 40.3 Å². The van der Waals surface area contributed by atoms with Gasteiger partial charge in [-0.3, -0.25) is 18.5 Å². The molecular formula is C14H13Cl2N5O2. The maximum absolute atomic E-state index is 12.6. The predicted molar refractivity (Wildman–Crippen MR) is 90.2 cm³/mol. The summed E-state index contributed by atoms with van der Waals surface area (Å²) in [5.41, 5.74) is 5.98. The highest BCUT2D eigenvalue weighted by Gasteiger charge is 2.17. The minimum absolute atomic E-state index is 0.0643. The van der Waals surface area contributed by atoms with E-state index in [0.717, 1.165) is 4.57 Å². The van der Waals surface area contributed by atoms with Gasteiger partial charge in [0.1, 0.15) is 0 Å². The molecular weight excluding hydrogens is 341 g/mol. The van der Waals surface area contributed by atoms with Crippen LogP contribution in [-0.2, 0) is 20.6 Å². The van der Waals surface area contributed by atoms with Crippen LogP contribution in [-0.4, -0.2) is 18.7 Å². The van der Waals surface area contributed by atoms with Gasteiger partial charge in [0, 0.05) is 14.1 Å². The molecule has 0 amide bonds. The number of nitrogens with zero attached hydrogens (tertiary/aromatic N) is 4. The van der Waals surface area contributed by atoms with Gasteiger partial charge >= 0.3 is 5.69 Å². The molecule has 9 heteroatoms. The Balaban J connectivity index is 2.24. The van der Waals surface area contributed by atoms with Crippen LogP contribution in [0.15, 0.2) is 27.8 Å². The standard InChI is InChI=1S/C14H13Cl2N5O2/c1-19-11-10(18-13(19)17)12(22)21(14(23)20(11)2)6-7-3-4-8(15)9(16)5-7/h3-5H,6H2,1-2H3,(H2,17,18). The van der Waals surface area contributed by atoms with Gasteiger partial charge in [-0.15, -0.1) is 0 Å². The lowest BCUT2D eigenvalue weighted by Gasteiger charge is -2.09. The fourth-order valence-corrected chi connectivity index (χ4v) is 2.80. The molecule has 0 atom stereocenters. The minimum atomic E-state index is -0.499. The molecule has 7 nitrogen and oxygen atoms in total. The smallest absolute Gasteiger partial charge is 0.332 e. The van der Waals surface area contributed by atoms with Gasteiger partial charge in [0.05, 0.1) is 16.6 Å². The van der Waals surface area contributed by atoms with Crippen molar-refractivity contribution in [1.29, 1.82) is 0 Å². The second kappa shape index (κ2) is 5.43. The van der Waals surface area contributed by atoms with E-state index in [4.69, 9.17) is 28.9 Å². The van der Waals surface area contributed by atoms with Gasteiger partial charge in [0.15, 0.2) is 11.2 Å². The van der Waals surface area contributed by atoms with Crippen molar-refractivity contribution in [3.05, 3.63) is 54.6 Å². The number of nitrogen functional groups attached to an aromatic ring is 1. The van der Waals surface area contributed by atoms with Crippen LogP contribution in [0.5, 0.6) is 0 Å². The van der Waals surface area contributed by atoms with E-state index in [1.807, 2.05) is 0 Å². The van der Waals surface area contributed by atoms with Crippen molar-refractivity contribution in [3.63, 3.8) is 0 Å². The first-order valence-electron chi connectivity index (χ1n) is 6.67. The van der Waals surface area contributed by atoms with Crippen LogP contribution >= 0.6 is 23.2 Å². The van der Waals surface area contributed by atoms with E-state index in [1.54, 1.807) is 32.3 Å². The first-order chi connectivity index (χ1) is 10.8. The van der Waals surface area contributed by atoms with Crippen LogP contribution in [0.3, 0.4) is 0 Å². The molecule has 0 unspecified atom stereocenters. The number of imidazole rings is 1. The fourth-order valence-electron chi connectivity index (χ4n) is 2.48. The molecule has 23 heavy (non-hydrogen) atoms. The van der Waals surface area contributed by atoms with E-state index < -0.39 is 11.2 Å². The Morgan fingerprint density at radius 1 is 1.13 bits per heavy atom. The molecule has 3 aromatic rings. The van der Waals surface area contributed by atoms with E-state index in [-0.39, 0.29) is 18.0 Å². The Morgan fingerprint density at radius 3 is 2.48 bits per heavy atom. The van der Waals surface area contributed by atoms with E-state index in [1.165, 1.54) is 9.13 Å². The lowest BCUT2D eigenvalue weighted by molar-refractivity contribution is 0.652. The monoisotopic (exact) mass is 353 g/mol. The molecule has 0 fully saturated rings. The second-order valence-corrected chi connectivity index (χ2v) is 6.00. The summed E-state index contributed by atoms with van der Waals surface area (Å²) in [7, 11) is 3.21. The topological polar surface area (TPSA) is 87.8 Å². The molecule has 0 aliphatic heterocycles.